The van der Waals surface area contributed by atoms with Gasteiger partial charge in [-0.15, -0.1) is 0 Å². The third-order valence-electron chi connectivity index (χ3n) is 3.89. The second kappa shape index (κ2) is 10.3. The molecule has 0 radical (unpaired) electrons. The summed E-state index contributed by atoms with van der Waals surface area (Å²) in [5, 5.41) is 5.77. The molecule has 0 spiro atoms. The van der Waals surface area contributed by atoms with Gasteiger partial charge in [-0.25, -0.2) is 4.79 Å². The molecule has 2 aromatic carbocycles. The van der Waals surface area contributed by atoms with E-state index in [2.05, 4.69) is 26.6 Å². The number of carbonyl (C=O) groups is 2. The molecule has 0 fully saturated rings. The summed E-state index contributed by atoms with van der Waals surface area (Å²) in [4.78, 5) is 24.1. The van der Waals surface area contributed by atoms with E-state index in [1.807, 2.05) is 75.4 Å². The number of hydrogen-bond acceptors (Lipinski definition) is 3. The summed E-state index contributed by atoms with van der Waals surface area (Å²) in [5.74, 6) is -0.0669. The van der Waals surface area contributed by atoms with Crippen molar-refractivity contribution in [2.24, 2.45) is 0 Å². The fourth-order valence-corrected chi connectivity index (χ4v) is 2.91. The number of carbonyl (C=O) groups excluding carboxylic acids is 2. The van der Waals surface area contributed by atoms with Gasteiger partial charge < -0.3 is 15.4 Å². The molecule has 2 rings (SSSR count). The number of rotatable bonds is 7. The molecule has 28 heavy (non-hydrogen) atoms. The highest BCUT2D eigenvalue weighted by Gasteiger charge is 2.18. The van der Waals surface area contributed by atoms with Gasteiger partial charge in [0.05, 0.1) is 6.04 Å². The first kappa shape index (κ1) is 22.0. The molecule has 0 aliphatic carbocycles. The summed E-state index contributed by atoms with van der Waals surface area (Å²) in [6.07, 6.45) is 0.382. The van der Waals surface area contributed by atoms with Gasteiger partial charge in [-0.3, -0.25) is 4.79 Å². The van der Waals surface area contributed by atoms with Crippen LogP contribution in [-0.2, 0) is 9.53 Å². The minimum Gasteiger partial charge on any atom is -0.444 e. The first-order valence-electron chi connectivity index (χ1n) is 9.31. The molecule has 150 valence electrons. The van der Waals surface area contributed by atoms with Crippen LogP contribution in [0.3, 0.4) is 0 Å². The van der Waals surface area contributed by atoms with E-state index < -0.39 is 11.7 Å². The van der Waals surface area contributed by atoms with Gasteiger partial charge >= 0.3 is 6.09 Å². The summed E-state index contributed by atoms with van der Waals surface area (Å²) >= 11 is 3.44. The summed E-state index contributed by atoms with van der Waals surface area (Å²) in [6, 6.07) is 17.5. The lowest BCUT2D eigenvalue weighted by molar-refractivity contribution is -0.121. The van der Waals surface area contributed by atoms with Crippen LogP contribution in [0.5, 0.6) is 0 Å². The molecule has 0 heterocycles. The van der Waals surface area contributed by atoms with Crippen LogP contribution in [-0.4, -0.2) is 24.1 Å². The molecule has 2 amide bonds. The Kier molecular flexibility index (Phi) is 8.05. The molecule has 5 nitrogen and oxygen atoms in total. The third kappa shape index (κ3) is 7.72. The topological polar surface area (TPSA) is 67.4 Å². The molecule has 1 atom stereocenters. The Labute approximate surface area is 175 Å². The third-order valence-corrected chi connectivity index (χ3v) is 4.42. The molecule has 6 heteroatoms. The van der Waals surface area contributed by atoms with Gasteiger partial charge in [0.15, 0.2) is 0 Å². The van der Waals surface area contributed by atoms with E-state index in [0.29, 0.717) is 19.4 Å². The smallest absolute Gasteiger partial charge is 0.407 e. The fourth-order valence-electron chi connectivity index (χ4n) is 2.65. The molecule has 0 aliphatic rings. The van der Waals surface area contributed by atoms with Crippen molar-refractivity contribution in [1.29, 1.82) is 0 Å². The number of hydrogen-bond donors (Lipinski definition) is 2. The van der Waals surface area contributed by atoms with Gasteiger partial charge in [-0.05, 0) is 50.5 Å². The van der Waals surface area contributed by atoms with Crippen molar-refractivity contribution in [1.82, 2.24) is 10.6 Å². The van der Waals surface area contributed by atoms with Crippen LogP contribution < -0.4 is 10.6 Å². The van der Waals surface area contributed by atoms with E-state index in [1.54, 1.807) is 0 Å². The monoisotopic (exact) mass is 446 g/mol. The highest BCUT2D eigenvalue weighted by molar-refractivity contribution is 9.10. The van der Waals surface area contributed by atoms with Crippen LogP contribution in [0.2, 0.25) is 0 Å². The maximum atomic E-state index is 12.5. The van der Waals surface area contributed by atoms with Crippen LogP contribution >= 0.6 is 15.9 Å². The zero-order valence-electron chi connectivity index (χ0n) is 16.5. The van der Waals surface area contributed by atoms with Gasteiger partial charge in [0.2, 0.25) is 5.91 Å². The molecular weight excluding hydrogens is 420 g/mol. The molecule has 0 saturated carbocycles. The summed E-state index contributed by atoms with van der Waals surface area (Å²) in [5.41, 5.74) is 1.49. The molecule has 0 bridgehead atoms. The van der Waals surface area contributed by atoms with Crippen molar-refractivity contribution >= 4 is 27.9 Å². The van der Waals surface area contributed by atoms with E-state index in [9.17, 15) is 9.59 Å². The quantitative estimate of drug-likeness (QED) is 0.590. The van der Waals surface area contributed by atoms with E-state index in [0.717, 1.165) is 15.6 Å². The highest BCUT2D eigenvalue weighted by Crippen LogP contribution is 2.23. The minimum atomic E-state index is -0.533. The summed E-state index contributed by atoms with van der Waals surface area (Å²) in [7, 11) is 0. The maximum Gasteiger partial charge on any atom is 0.407 e. The van der Waals surface area contributed by atoms with Crippen molar-refractivity contribution < 1.29 is 14.3 Å². The van der Waals surface area contributed by atoms with Crippen LogP contribution in [0.4, 0.5) is 4.79 Å². The lowest BCUT2D eigenvalue weighted by Crippen LogP contribution is -2.34. The van der Waals surface area contributed by atoms with Gasteiger partial charge in [0.1, 0.15) is 5.60 Å². The number of nitrogens with one attached hydrogen (secondary N) is 2. The summed E-state index contributed by atoms with van der Waals surface area (Å²) in [6.45, 7) is 5.82. The molecule has 0 saturated heterocycles. The summed E-state index contributed by atoms with van der Waals surface area (Å²) < 4.78 is 6.17. The number of benzene rings is 2. The van der Waals surface area contributed by atoms with Crippen molar-refractivity contribution in [3.63, 3.8) is 0 Å². The Balaban J connectivity index is 1.90. The first-order valence-corrected chi connectivity index (χ1v) is 10.1. The Morgan fingerprint density at radius 2 is 1.61 bits per heavy atom. The zero-order valence-corrected chi connectivity index (χ0v) is 18.1. The number of amides is 2. The standard InChI is InChI=1S/C22H27BrN2O3/c1-22(2,3)28-21(27)24-15-7-10-19(26)25-20(16-8-5-4-6-9-16)17-11-13-18(23)14-12-17/h4-6,8-9,11-14,20H,7,10,15H2,1-3H3,(H,24,27)(H,25,26). The predicted octanol–water partition coefficient (Wildman–Crippen LogP) is 4.96. The van der Waals surface area contributed by atoms with E-state index >= 15 is 0 Å². The molecule has 0 aromatic heterocycles. The predicted molar refractivity (Wildman–Crippen MR) is 114 cm³/mol. The second-order valence-corrected chi connectivity index (χ2v) is 8.41. The second-order valence-electron chi connectivity index (χ2n) is 7.49. The largest absolute Gasteiger partial charge is 0.444 e. The van der Waals surface area contributed by atoms with Crippen molar-refractivity contribution in [3.8, 4) is 0 Å². The van der Waals surface area contributed by atoms with Gasteiger partial charge in [0, 0.05) is 17.4 Å². The Morgan fingerprint density at radius 1 is 1.00 bits per heavy atom. The van der Waals surface area contributed by atoms with Crippen molar-refractivity contribution in [2.75, 3.05) is 6.54 Å². The molecule has 2 aromatic rings. The van der Waals surface area contributed by atoms with Gasteiger partial charge in [0.25, 0.3) is 0 Å². The minimum absolute atomic E-state index is 0.0669. The Hall–Kier alpha value is -2.34. The van der Waals surface area contributed by atoms with Crippen LogP contribution in [0.1, 0.15) is 50.8 Å². The lowest BCUT2D eigenvalue weighted by Gasteiger charge is -2.21. The zero-order chi connectivity index (χ0) is 20.6. The van der Waals surface area contributed by atoms with E-state index in [1.165, 1.54) is 0 Å². The first-order chi connectivity index (χ1) is 13.2. The average molecular weight is 447 g/mol. The van der Waals surface area contributed by atoms with Crippen LogP contribution in [0, 0.1) is 0 Å². The van der Waals surface area contributed by atoms with E-state index in [4.69, 9.17) is 4.74 Å². The number of alkyl carbamates (subject to hydrolysis) is 1. The van der Waals surface area contributed by atoms with Crippen LogP contribution in [0.25, 0.3) is 0 Å². The Morgan fingerprint density at radius 3 is 2.21 bits per heavy atom. The number of halogens is 1. The van der Waals surface area contributed by atoms with Gasteiger partial charge in [-0.1, -0.05) is 58.4 Å². The fraction of sp³-hybridized carbons (Fsp3) is 0.364. The normalized spacial score (nSPS) is 12.1. The molecular formula is C22H27BrN2O3. The lowest BCUT2D eigenvalue weighted by atomic mass is 9.98. The molecule has 0 aliphatic heterocycles. The maximum absolute atomic E-state index is 12.5. The SMILES string of the molecule is CC(C)(C)OC(=O)NCCCC(=O)NC(c1ccccc1)c1ccc(Br)cc1. The highest BCUT2D eigenvalue weighted by atomic mass is 79.9. The molecule has 2 N–H and O–H groups in total. The van der Waals surface area contributed by atoms with Gasteiger partial charge in [-0.2, -0.15) is 0 Å². The van der Waals surface area contributed by atoms with Crippen molar-refractivity contribution in [3.05, 3.63) is 70.2 Å². The Bertz CT molecular complexity index is 771. The number of ether oxygens (including phenoxy) is 1. The van der Waals surface area contributed by atoms with Crippen LogP contribution in [0.15, 0.2) is 59.1 Å². The molecule has 1 unspecified atom stereocenters. The van der Waals surface area contributed by atoms with Crippen molar-refractivity contribution in [2.45, 2.75) is 45.3 Å². The average Bonchev–Trinajstić information content (AvgIpc) is 2.63. The van der Waals surface area contributed by atoms with E-state index in [-0.39, 0.29) is 11.9 Å².